The van der Waals surface area contributed by atoms with Gasteiger partial charge in [-0.25, -0.2) is 0 Å². The first-order chi connectivity index (χ1) is 15.5. The Balaban J connectivity index is 0.00000216. The third-order valence-corrected chi connectivity index (χ3v) is 10.8. The van der Waals surface area contributed by atoms with Crippen molar-refractivity contribution in [3.05, 3.63) is 0 Å². The Hall–Kier alpha value is 0.456. The van der Waals surface area contributed by atoms with E-state index in [0.717, 1.165) is 38.5 Å². The largest absolute Gasteiger partial charge is 1.00 e. The van der Waals surface area contributed by atoms with Crippen LogP contribution in [0.5, 0.6) is 0 Å². The predicted molar refractivity (Wildman–Crippen MR) is 124 cm³/mol. The van der Waals surface area contributed by atoms with Crippen LogP contribution in [-0.4, -0.2) is 57.2 Å². The molecular weight excluding hydrogens is 461 g/mol. The molecule has 0 heterocycles. The van der Waals surface area contributed by atoms with Gasteiger partial charge in [-0.15, -0.1) is 0 Å². The molecule has 0 spiro atoms. The van der Waals surface area contributed by atoms with Gasteiger partial charge < -0.3 is 27.2 Å². The molecule has 5 N–H and O–H groups in total. The van der Waals surface area contributed by atoms with Crippen LogP contribution in [0, 0.1) is 46.3 Å². The van der Waals surface area contributed by atoms with Crippen molar-refractivity contribution in [1.82, 2.24) is 5.32 Å². The summed E-state index contributed by atoms with van der Waals surface area (Å²) in [5.41, 5.74) is -0.214. The van der Waals surface area contributed by atoms with Gasteiger partial charge in [0.25, 0.3) is 0 Å². The molecule has 0 aromatic carbocycles. The number of hydrogen-bond acceptors (Lipinski definition) is 5. The second kappa shape index (κ2) is 11.1. The second-order valence-electron chi connectivity index (χ2n) is 12.2. The van der Waals surface area contributed by atoms with Crippen molar-refractivity contribution in [1.29, 1.82) is 0 Å². The zero-order chi connectivity index (χ0) is 24.1. The third kappa shape index (κ3) is 5.09. The van der Waals surface area contributed by atoms with E-state index in [-0.39, 0.29) is 118 Å². The molecule has 190 valence electrons. The number of fused-ring (bicyclic) bond motifs is 5. The number of hydrogen-bond donors (Lipinski definition) is 5. The maximum atomic E-state index is 12.0. The number of carboxylic acid groups (broad SMARTS) is 1. The first-order valence-electron chi connectivity index (χ1n) is 13.0. The van der Waals surface area contributed by atoms with Crippen molar-refractivity contribution in [2.45, 2.75) is 96.9 Å². The summed E-state index contributed by atoms with van der Waals surface area (Å²) in [6, 6.07) is 0. The van der Waals surface area contributed by atoms with Gasteiger partial charge >= 0.3 is 57.4 Å². The van der Waals surface area contributed by atoms with Crippen LogP contribution >= 0.6 is 0 Å². The van der Waals surface area contributed by atoms with E-state index in [0.29, 0.717) is 25.2 Å². The van der Waals surface area contributed by atoms with E-state index in [1.807, 2.05) is 0 Å². The summed E-state index contributed by atoms with van der Waals surface area (Å²) in [7, 11) is 0. The van der Waals surface area contributed by atoms with Gasteiger partial charge in [0, 0.05) is 6.42 Å². The molecule has 0 aromatic heterocycles. The second-order valence-corrected chi connectivity index (χ2v) is 12.2. The van der Waals surface area contributed by atoms with Gasteiger partial charge in [-0.3, -0.25) is 9.59 Å². The fourth-order valence-corrected chi connectivity index (χ4v) is 8.95. The summed E-state index contributed by atoms with van der Waals surface area (Å²) in [5.74, 6) is 0.265. The molecule has 0 aromatic rings. The molecule has 0 radical (unpaired) electrons. The molecule has 1 amide bonds. The molecule has 11 atom stereocenters. The number of carbonyl (C=O) groups excluding carboxylic acids is 1. The predicted octanol–water partition coefficient (Wildman–Crippen LogP) is -0.319. The van der Waals surface area contributed by atoms with Gasteiger partial charge in [0.05, 0.1) is 18.3 Å². The quantitative estimate of drug-likeness (QED) is 0.315. The van der Waals surface area contributed by atoms with Gasteiger partial charge in [-0.1, -0.05) is 20.8 Å². The van der Waals surface area contributed by atoms with Crippen molar-refractivity contribution in [3.63, 3.8) is 0 Å². The molecule has 0 unspecified atom stereocenters. The van der Waals surface area contributed by atoms with Crippen LogP contribution in [0.15, 0.2) is 0 Å². The van der Waals surface area contributed by atoms with Gasteiger partial charge in [-0.2, -0.15) is 0 Å². The Morgan fingerprint density at radius 1 is 1.06 bits per heavy atom. The third-order valence-electron chi connectivity index (χ3n) is 10.8. The van der Waals surface area contributed by atoms with Crippen LogP contribution in [0.2, 0.25) is 0 Å². The maximum Gasteiger partial charge on any atom is 1.00 e. The fraction of sp³-hybridized carbons (Fsp3) is 0.923. The van der Waals surface area contributed by atoms with E-state index in [1.165, 1.54) is 0 Å². The van der Waals surface area contributed by atoms with Crippen LogP contribution in [0.4, 0.5) is 0 Å². The number of carboxylic acids is 1. The smallest absolute Gasteiger partial charge is 1.00 e. The van der Waals surface area contributed by atoms with E-state index in [4.69, 9.17) is 5.11 Å². The molecule has 0 saturated heterocycles. The average molecular weight is 506 g/mol. The summed E-state index contributed by atoms with van der Waals surface area (Å²) in [6.07, 6.45) is 5.86. The minimum atomic E-state index is -1.04. The summed E-state index contributed by atoms with van der Waals surface area (Å²) >= 11 is 0. The Morgan fingerprint density at radius 2 is 1.76 bits per heavy atom. The summed E-state index contributed by atoms with van der Waals surface area (Å²) in [6.45, 7) is 6.35. The van der Waals surface area contributed by atoms with Crippen LogP contribution in [-0.2, 0) is 9.59 Å². The molecule has 0 aliphatic heterocycles. The standard InChI is InChI=1S/C26H43NO6.K.H/c1-14(4-7-22(31)27-13-23(32)33)17-5-6-18-24-19(12-21(30)26(17,18)3)25(2)9-8-16(28)10-15(25)11-20(24)29;;/h14-21,24,28-30H,4-13H2,1-3H3,(H,27,31)(H,32,33);;/q;+1;-1/t14-,15+,16-,17-,18+,19+,20-,21+,24+,25+,26-;;/m1../s1. The van der Waals surface area contributed by atoms with Crippen molar-refractivity contribution in [2.24, 2.45) is 46.3 Å². The van der Waals surface area contributed by atoms with Crippen LogP contribution in [0.1, 0.15) is 80.0 Å². The zero-order valence-corrected chi connectivity index (χ0v) is 24.5. The van der Waals surface area contributed by atoms with E-state index in [9.17, 15) is 24.9 Å². The number of aliphatic hydroxyl groups excluding tert-OH is 3. The van der Waals surface area contributed by atoms with Crippen molar-refractivity contribution >= 4 is 11.9 Å². The minimum absolute atomic E-state index is 0. The number of nitrogens with one attached hydrogen (secondary N) is 1. The Kier molecular flexibility index (Phi) is 9.44. The molecule has 4 aliphatic rings. The van der Waals surface area contributed by atoms with Gasteiger partial charge in [0.2, 0.25) is 5.91 Å². The molecule has 8 heteroatoms. The van der Waals surface area contributed by atoms with Crippen molar-refractivity contribution < 1.29 is 82.8 Å². The van der Waals surface area contributed by atoms with Gasteiger partial charge in [0.15, 0.2) is 0 Å². The monoisotopic (exact) mass is 505 g/mol. The average Bonchev–Trinajstić information content (AvgIpc) is 3.11. The number of carbonyl (C=O) groups is 2. The van der Waals surface area contributed by atoms with Crippen LogP contribution < -0.4 is 56.7 Å². The number of aliphatic carboxylic acids is 1. The van der Waals surface area contributed by atoms with E-state index >= 15 is 0 Å². The Morgan fingerprint density at radius 3 is 2.44 bits per heavy atom. The van der Waals surface area contributed by atoms with Crippen LogP contribution in [0.25, 0.3) is 0 Å². The van der Waals surface area contributed by atoms with Gasteiger partial charge in [-0.05, 0) is 97.7 Å². The SMILES string of the molecule is C[C@H](CCC(=O)NCC(=O)O)[C@H]1CC[C@H]2[C@@H]3[C@H](O)C[C@@H]4C[C@H](O)CC[C@]4(C)[C@H]3C[C@H](O)[C@]12C.[H-].[K+]. The number of aliphatic hydroxyl groups is 3. The molecule has 4 fully saturated rings. The normalized spacial score (nSPS) is 46.3. The maximum absolute atomic E-state index is 12.0. The first kappa shape index (κ1) is 29.0. The molecule has 4 aliphatic carbocycles. The van der Waals surface area contributed by atoms with E-state index in [1.54, 1.807) is 0 Å². The molecule has 7 nitrogen and oxygen atoms in total. The summed E-state index contributed by atoms with van der Waals surface area (Å²) in [5, 5.41) is 44.4. The summed E-state index contributed by atoms with van der Waals surface area (Å²) in [4.78, 5) is 22.7. The van der Waals surface area contributed by atoms with E-state index < -0.39 is 12.1 Å². The molecule has 4 saturated carbocycles. The van der Waals surface area contributed by atoms with E-state index in [2.05, 4.69) is 26.1 Å². The molecule has 4 rings (SSSR count). The molecule has 34 heavy (non-hydrogen) atoms. The van der Waals surface area contributed by atoms with Crippen LogP contribution in [0.3, 0.4) is 0 Å². The number of amides is 1. The summed E-state index contributed by atoms with van der Waals surface area (Å²) < 4.78 is 0. The fourth-order valence-electron chi connectivity index (χ4n) is 8.95. The van der Waals surface area contributed by atoms with Gasteiger partial charge in [0.1, 0.15) is 6.54 Å². The first-order valence-corrected chi connectivity index (χ1v) is 13.0. The topological polar surface area (TPSA) is 127 Å². The van der Waals surface area contributed by atoms with Crippen molar-refractivity contribution in [2.75, 3.05) is 6.54 Å². The Bertz CT molecular complexity index is 772. The minimum Gasteiger partial charge on any atom is -1.00 e. The van der Waals surface area contributed by atoms with Crippen molar-refractivity contribution in [3.8, 4) is 0 Å². The molecular formula is C26H44KNO6. The Labute approximate surface area is 247 Å². The molecule has 0 bridgehead atoms. The number of rotatable bonds is 6. The zero-order valence-electron chi connectivity index (χ0n) is 22.4.